The van der Waals surface area contributed by atoms with Crippen LogP contribution in [0.25, 0.3) is 11.4 Å². The number of thiophene rings is 1. The number of amides is 1. The van der Waals surface area contributed by atoms with E-state index in [0.717, 1.165) is 29.8 Å². The van der Waals surface area contributed by atoms with Crippen LogP contribution < -0.4 is 20.1 Å². The Morgan fingerprint density at radius 2 is 1.88 bits per heavy atom. The summed E-state index contributed by atoms with van der Waals surface area (Å²) in [5.74, 6) is 0.749. The van der Waals surface area contributed by atoms with Crippen LogP contribution in [0.15, 0.2) is 36.7 Å². The third-order valence-electron chi connectivity index (χ3n) is 4.52. The van der Waals surface area contributed by atoms with Gasteiger partial charge in [0, 0.05) is 34.2 Å². The summed E-state index contributed by atoms with van der Waals surface area (Å²) in [5.41, 5.74) is 1.37. The molecule has 1 aromatic carbocycles. The molecule has 3 N–H and O–H groups in total. The van der Waals surface area contributed by atoms with Gasteiger partial charge >= 0.3 is 0 Å². The molecule has 0 bridgehead atoms. The Morgan fingerprint density at radius 3 is 2.50 bits per heavy atom. The third-order valence-corrected chi connectivity index (χ3v) is 6.39. The molecule has 9 nitrogen and oxygen atoms in total. The van der Waals surface area contributed by atoms with Crippen LogP contribution in [0.1, 0.15) is 14.5 Å². The topological polar surface area (TPSA) is 122 Å². The Hall–Kier alpha value is -2.73. The van der Waals surface area contributed by atoms with Crippen molar-refractivity contribution in [3.05, 3.63) is 51.4 Å². The lowest BCUT2D eigenvalue weighted by molar-refractivity contribution is 0.103. The van der Waals surface area contributed by atoms with Crippen LogP contribution in [0.5, 0.6) is 5.75 Å². The van der Waals surface area contributed by atoms with Gasteiger partial charge in [-0.05, 0) is 31.2 Å². The van der Waals surface area contributed by atoms with Crippen molar-refractivity contribution in [2.75, 3.05) is 29.4 Å². The molecule has 168 valence electrons. The van der Waals surface area contributed by atoms with E-state index in [4.69, 9.17) is 16.3 Å². The maximum absolute atomic E-state index is 12.8. The van der Waals surface area contributed by atoms with Gasteiger partial charge in [-0.15, -0.1) is 11.3 Å². The van der Waals surface area contributed by atoms with Gasteiger partial charge in [-0.2, -0.15) is 0 Å². The Morgan fingerprint density at radius 1 is 1.19 bits per heavy atom. The van der Waals surface area contributed by atoms with Crippen LogP contribution in [0.3, 0.4) is 0 Å². The fourth-order valence-corrected chi connectivity index (χ4v) is 4.69. The minimum absolute atomic E-state index is 0.141. The molecule has 12 heteroatoms. The summed E-state index contributed by atoms with van der Waals surface area (Å²) < 4.78 is 31.0. The zero-order valence-electron chi connectivity index (χ0n) is 17.2. The van der Waals surface area contributed by atoms with Crippen molar-refractivity contribution in [2.24, 2.45) is 0 Å². The van der Waals surface area contributed by atoms with E-state index in [1.165, 1.54) is 29.5 Å². The Kier molecular flexibility index (Phi) is 6.33. The smallest absolute Gasteiger partial charge is 0.265 e. The van der Waals surface area contributed by atoms with Gasteiger partial charge in [0.05, 0.1) is 29.2 Å². The lowest BCUT2D eigenvalue weighted by Crippen LogP contribution is -2.50. The molecule has 0 unspecified atom stereocenters. The first kappa shape index (κ1) is 22.5. The highest BCUT2D eigenvalue weighted by molar-refractivity contribution is 7.92. The molecule has 1 amide bonds. The fourth-order valence-electron chi connectivity index (χ4n) is 3.00. The fraction of sp³-hybridized carbons (Fsp3) is 0.250. The first-order chi connectivity index (χ1) is 15.2. The number of carbonyl (C=O) groups is 1. The second-order valence-electron chi connectivity index (χ2n) is 7.28. The SMILES string of the molecule is Cc1sc(C(=O)Nc2cc(Cl)cc(NS(C)(=O)=O)c2)cc1-c1ncc(OC2CNC2)cn1. The molecule has 0 saturated carbocycles. The van der Waals surface area contributed by atoms with E-state index in [9.17, 15) is 13.2 Å². The van der Waals surface area contributed by atoms with Crippen molar-refractivity contribution in [3.8, 4) is 17.1 Å². The van der Waals surface area contributed by atoms with E-state index < -0.39 is 10.0 Å². The molecule has 1 aliphatic heterocycles. The van der Waals surface area contributed by atoms with Crippen molar-refractivity contribution in [2.45, 2.75) is 13.0 Å². The summed E-state index contributed by atoms with van der Waals surface area (Å²) >= 11 is 7.37. The highest BCUT2D eigenvalue weighted by Crippen LogP contribution is 2.30. The summed E-state index contributed by atoms with van der Waals surface area (Å²) in [6.07, 6.45) is 4.43. The molecule has 3 aromatic rings. The number of hydrogen-bond donors (Lipinski definition) is 3. The second kappa shape index (κ2) is 9.02. The lowest BCUT2D eigenvalue weighted by Gasteiger charge is -2.27. The molecule has 1 saturated heterocycles. The number of benzene rings is 1. The number of hydrogen-bond acceptors (Lipinski definition) is 8. The molecule has 0 radical (unpaired) electrons. The predicted molar refractivity (Wildman–Crippen MR) is 125 cm³/mol. The van der Waals surface area contributed by atoms with E-state index in [1.807, 2.05) is 6.92 Å². The third kappa shape index (κ3) is 5.54. The van der Waals surface area contributed by atoms with E-state index in [-0.39, 0.29) is 22.7 Å². The maximum Gasteiger partial charge on any atom is 0.265 e. The number of halogens is 1. The van der Waals surface area contributed by atoms with Crippen LogP contribution in [-0.4, -0.2) is 49.7 Å². The molecule has 4 rings (SSSR count). The van der Waals surface area contributed by atoms with E-state index in [2.05, 4.69) is 25.3 Å². The zero-order chi connectivity index (χ0) is 22.9. The van der Waals surface area contributed by atoms with Crippen LogP contribution in [0.4, 0.5) is 11.4 Å². The van der Waals surface area contributed by atoms with Gasteiger partial charge in [-0.25, -0.2) is 18.4 Å². The largest absolute Gasteiger partial charge is 0.485 e. The number of nitrogens with one attached hydrogen (secondary N) is 3. The van der Waals surface area contributed by atoms with Crippen LogP contribution >= 0.6 is 22.9 Å². The van der Waals surface area contributed by atoms with Crippen molar-refractivity contribution in [1.82, 2.24) is 15.3 Å². The van der Waals surface area contributed by atoms with Gasteiger partial charge < -0.3 is 15.4 Å². The van der Waals surface area contributed by atoms with E-state index in [1.54, 1.807) is 18.5 Å². The predicted octanol–water partition coefficient (Wildman–Crippen LogP) is 3.14. The number of aryl methyl sites for hydroxylation is 1. The Labute approximate surface area is 194 Å². The standard InChI is InChI=1S/C20H20ClN5O4S2/c1-11-17(19-23-9-16(10-24-19)30-15-7-22-8-15)6-18(31-11)20(27)25-13-3-12(21)4-14(5-13)26-32(2,28)29/h3-6,9-10,15,22,26H,7-8H2,1-2H3,(H,25,27). The molecule has 0 atom stereocenters. The minimum atomic E-state index is -3.48. The van der Waals surface area contributed by atoms with Gasteiger partial charge in [0.1, 0.15) is 6.10 Å². The second-order valence-corrected chi connectivity index (χ2v) is 10.7. The van der Waals surface area contributed by atoms with Crippen molar-refractivity contribution in [1.29, 1.82) is 0 Å². The average Bonchev–Trinajstić information content (AvgIpc) is 3.05. The normalized spacial score (nSPS) is 14.0. The quantitative estimate of drug-likeness (QED) is 0.462. The first-order valence-electron chi connectivity index (χ1n) is 9.56. The van der Waals surface area contributed by atoms with Gasteiger partial charge in [-0.1, -0.05) is 11.6 Å². The first-order valence-corrected chi connectivity index (χ1v) is 12.6. The molecular weight excluding hydrogens is 474 g/mol. The molecule has 32 heavy (non-hydrogen) atoms. The summed E-state index contributed by atoms with van der Waals surface area (Å²) in [6.45, 7) is 3.50. The van der Waals surface area contributed by atoms with E-state index >= 15 is 0 Å². The Bertz CT molecular complexity index is 1260. The van der Waals surface area contributed by atoms with Gasteiger partial charge in [0.25, 0.3) is 5.91 Å². The molecule has 2 aromatic heterocycles. The van der Waals surface area contributed by atoms with Crippen LogP contribution in [0.2, 0.25) is 5.02 Å². The lowest BCUT2D eigenvalue weighted by atomic mass is 10.2. The van der Waals surface area contributed by atoms with Crippen molar-refractivity contribution in [3.63, 3.8) is 0 Å². The number of rotatable bonds is 7. The molecule has 1 aliphatic rings. The van der Waals surface area contributed by atoms with Crippen LogP contribution in [-0.2, 0) is 10.0 Å². The summed E-state index contributed by atoms with van der Waals surface area (Å²) in [4.78, 5) is 22.9. The molecule has 1 fully saturated rings. The number of anilines is 2. The maximum atomic E-state index is 12.8. The van der Waals surface area contributed by atoms with Crippen molar-refractivity contribution >= 4 is 50.2 Å². The molecule has 3 heterocycles. The van der Waals surface area contributed by atoms with Crippen molar-refractivity contribution < 1.29 is 17.9 Å². The summed E-state index contributed by atoms with van der Waals surface area (Å²) in [7, 11) is -3.48. The Balaban J connectivity index is 1.49. The van der Waals surface area contributed by atoms with Crippen LogP contribution in [0, 0.1) is 6.92 Å². The van der Waals surface area contributed by atoms with Gasteiger partial charge in [0.15, 0.2) is 11.6 Å². The molecular formula is C20H20ClN5O4S2. The van der Waals surface area contributed by atoms with Gasteiger partial charge in [-0.3, -0.25) is 9.52 Å². The number of nitrogens with zero attached hydrogens (tertiary/aromatic N) is 2. The summed E-state index contributed by atoms with van der Waals surface area (Å²) in [5, 5.41) is 6.16. The minimum Gasteiger partial charge on any atom is -0.485 e. The van der Waals surface area contributed by atoms with Gasteiger partial charge in [0.2, 0.25) is 10.0 Å². The average molecular weight is 494 g/mol. The van der Waals surface area contributed by atoms with E-state index in [0.29, 0.717) is 22.1 Å². The number of ether oxygens (including phenoxy) is 1. The molecule has 0 spiro atoms. The zero-order valence-corrected chi connectivity index (χ0v) is 19.6. The number of aromatic nitrogens is 2. The summed E-state index contributed by atoms with van der Waals surface area (Å²) in [6, 6.07) is 6.21. The number of sulfonamides is 1. The highest BCUT2D eigenvalue weighted by Gasteiger charge is 2.19. The molecule has 0 aliphatic carbocycles. The highest BCUT2D eigenvalue weighted by atomic mass is 35.5. The monoisotopic (exact) mass is 493 g/mol. The number of carbonyl (C=O) groups excluding carboxylic acids is 1.